The molecule has 0 aliphatic rings. The summed E-state index contributed by atoms with van der Waals surface area (Å²) in [5.41, 5.74) is 0.367. The van der Waals surface area contributed by atoms with Gasteiger partial charge in [-0.3, -0.25) is 9.59 Å². The lowest BCUT2D eigenvalue weighted by atomic mass is 10.1. The number of aromatic hydroxyl groups is 4. The van der Waals surface area contributed by atoms with Crippen LogP contribution in [0.3, 0.4) is 0 Å². The lowest BCUT2D eigenvalue weighted by Gasteiger charge is -2.10. The van der Waals surface area contributed by atoms with Gasteiger partial charge in [0.05, 0.1) is 11.1 Å². The molecule has 2 rings (SSSR count). The topological polar surface area (TPSA) is 139 Å². The van der Waals surface area contributed by atoms with E-state index in [1.165, 1.54) is 36.4 Å². The number of allylic oxidation sites excluding steroid dienone is 1. The van der Waals surface area contributed by atoms with Crippen molar-refractivity contribution >= 4 is 11.8 Å². The number of hydrogen-bond acceptors (Lipinski definition) is 6. The molecule has 0 aliphatic carbocycles. The zero-order chi connectivity index (χ0) is 20.7. The van der Waals surface area contributed by atoms with Crippen LogP contribution in [0.1, 0.15) is 40.0 Å². The van der Waals surface area contributed by atoms with Crippen LogP contribution in [0.25, 0.3) is 0 Å². The number of amides is 2. The average molecular weight is 386 g/mol. The van der Waals surface area contributed by atoms with Crippen LogP contribution in [0, 0.1) is 0 Å². The molecule has 0 unspecified atom stereocenters. The molecule has 0 fully saturated rings. The highest BCUT2D eigenvalue weighted by molar-refractivity contribution is 5.98. The van der Waals surface area contributed by atoms with Gasteiger partial charge in [0.15, 0.2) is 23.0 Å². The molecular formula is C20H22N2O6. The summed E-state index contributed by atoms with van der Waals surface area (Å²) >= 11 is 0. The third-order valence-corrected chi connectivity index (χ3v) is 4.00. The lowest BCUT2D eigenvalue weighted by Crippen LogP contribution is -2.25. The van der Waals surface area contributed by atoms with E-state index in [4.69, 9.17) is 0 Å². The molecule has 0 spiro atoms. The van der Waals surface area contributed by atoms with Crippen molar-refractivity contribution in [3.8, 4) is 23.0 Å². The maximum atomic E-state index is 12.1. The number of carbonyl (C=O) groups is 2. The Bertz CT molecular complexity index is 894. The Hall–Kier alpha value is -3.68. The summed E-state index contributed by atoms with van der Waals surface area (Å²) in [5, 5.41) is 43.4. The van der Waals surface area contributed by atoms with Crippen molar-refractivity contribution in [2.24, 2.45) is 0 Å². The first-order valence-electron chi connectivity index (χ1n) is 8.60. The summed E-state index contributed by atoms with van der Waals surface area (Å²) in [6.45, 7) is 4.09. The number of hydrogen-bond donors (Lipinski definition) is 6. The number of para-hydroxylation sites is 2. The lowest BCUT2D eigenvalue weighted by molar-refractivity contribution is 0.0946. The van der Waals surface area contributed by atoms with Gasteiger partial charge in [-0.1, -0.05) is 18.7 Å². The SMILES string of the molecule is C=C(CCCCNC(=O)c1cccc(O)c1O)NC(=O)c1cccc(O)c1O. The van der Waals surface area contributed by atoms with Gasteiger partial charge in [-0.25, -0.2) is 0 Å². The summed E-state index contributed by atoms with van der Waals surface area (Å²) < 4.78 is 0. The third kappa shape index (κ3) is 5.16. The van der Waals surface area contributed by atoms with Gasteiger partial charge in [-0.15, -0.1) is 0 Å². The molecule has 0 radical (unpaired) electrons. The van der Waals surface area contributed by atoms with Crippen LogP contribution in [-0.4, -0.2) is 38.8 Å². The van der Waals surface area contributed by atoms with Crippen molar-refractivity contribution in [1.29, 1.82) is 0 Å². The van der Waals surface area contributed by atoms with E-state index in [0.29, 0.717) is 31.5 Å². The molecule has 0 aliphatic heterocycles. The first kappa shape index (κ1) is 20.6. The normalized spacial score (nSPS) is 10.3. The van der Waals surface area contributed by atoms with Gasteiger partial charge < -0.3 is 31.1 Å². The molecule has 0 saturated heterocycles. The van der Waals surface area contributed by atoms with Gasteiger partial charge in [-0.2, -0.15) is 0 Å². The van der Waals surface area contributed by atoms with Crippen molar-refractivity contribution < 1.29 is 30.0 Å². The second-order valence-electron chi connectivity index (χ2n) is 6.12. The van der Waals surface area contributed by atoms with Gasteiger partial charge in [0, 0.05) is 12.2 Å². The highest BCUT2D eigenvalue weighted by Crippen LogP contribution is 2.29. The van der Waals surface area contributed by atoms with Crippen molar-refractivity contribution in [2.75, 3.05) is 6.54 Å². The predicted octanol–water partition coefficient (Wildman–Crippen LogP) is 2.35. The Balaban J connectivity index is 1.72. The average Bonchev–Trinajstić information content (AvgIpc) is 2.65. The molecule has 6 N–H and O–H groups in total. The van der Waals surface area contributed by atoms with Crippen molar-refractivity contribution in [3.63, 3.8) is 0 Å². The number of unbranched alkanes of at least 4 members (excludes halogenated alkanes) is 1. The molecule has 2 amide bonds. The van der Waals surface area contributed by atoms with E-state index in [2.05, 4.69) is 17.2 Å². The summed E-state index contributed by atoms with van der Waals surface area (Å²) in [4.78, 5) is 24.1. The van der Waals surface area contributed by atoms with Crippen LogP contribution in [0.15, 0.2) is 48.7 Å². The van der Waals surface area contributed by atoms with Gasteiger partial charge in [0.1, 0.15) is 0 Å². The highest BCUT2D eigenvalue weighted by Gasteiger charge is 2.15. The van der Waals surface area contributed by atoms with Crippen LogP contribution >= 0.6 is 0 Å². The molecule has 0 aromatic heterocycles. The fourth-order valence-corrected chi connectivity index (χ4v) is 2.48. The van der Waals surface area contributed by atoms with Gasteiger partial charge in [0.25, 0.3) is 11.8 Å². The number of phenols is 4. The maximum Gasteiger partial charge on any atom is 0.259 e. The fourth-order valence-electron chi connectivity index (χ4n) is 2.48. The Morgan fingerprint density at radius 2 is 1.36 bits per heavy atom. The number of nitrogens with one attached hydrogen (secondary N) is 2. The molecule has 0 saturated carbocycles. The zero-order valence-electron chi connectivity index (χ0n) is 15.1. The fraction of sp³-hybridized carbons (Fsp3) is 0.200. The van der Waals surface area contributed by atoms with Crippen molar-refractivity contribution in [1.82, 2.24) is 10.6 Å². The minimum atomic E-state index is -0.578. The second kappa shape index (κ2) is 9.31. The summed E-state index contributed by atoms with van der Waals surface area (Å²) in [7, 11) is 0. The number of carbonyl (C=O) groups excluding carboxylic acids is 2. The van der Waals surface area contributed by atoms with Crippen molar-refractivity contribution in [2.45, 2.75) is 19.3 Å². The van der Waals surface area contributed by atoms with E-state index >= 15 is 0 Å². The smallest absolute Gasteiger partial charge is 0.259 e. The molecule has 8 nitrogen and oxygen atoms in total. The minimum Gasteiger partial charge on any atom is -0.504 e. The van der Waals surface area contributed by atoms with E-state index in [1.807, 2.05) is 0 Å². The molecular weight excluding hydrogens is 364 g/mol. The molecule has 28 heavy (non-hydrogen) atoms. The Labute approximate surface area is 161 Å². The van der Waals surface area contributed by atoms with Crippen LogP contribution in [0.2, 0.25) is 0 Å². The first-order valence-corrected chi connectivity index (χ1v) is 8.60. The van der Waals surface area contributed by atoms with Gasteiger partial charge >= 0.3 is 0 Å². The quantitative estimate of drug-likeness (QED) is 0.304. The summed E-state index contributed by atoms with van der Waals surface area (Å²) in [6.07, 6.45) is 1.67. The van der Waals surface area contributed by atoms with Gasteiger partial charge in [0.2, 0.25) is 0 Å². The van der Waals surface area contributed by atoms with E-state index in [-0.39, 0.29) is 22.6 Å². The van der Waals surface area contributed by atoms with E-state index in [1.54, 1.807) is 0 Å². The number of benzene rings is 2. The van der Waals surface area contributed by atoms with Gasteiger partial charge in [-0.05, 0) is 43.5 Å². The zero-order valence-corrected chi connectivity index (χ0v) is 15.1. The van der Waals surface area contributed by atoms with Crippen molar-refractivity contribution in [3.05, 3.63) is 59.8 Å². The molecule has 0 atom stereocenters. The van der Waals surface area contributed by atoms with E-state index in [0.717, 1.165) is 0 Å². The minimum absolute atomic E-state index is 0.0115. The largest absolute Gasteiger partial charge is 0.504 e. The Morgan fingerprint density at radius 1 is 0.821 bits per heavy atom. The monoisotopic (exact) mass is 386 g/mol. The van der Waals surface area contributed by atoms with E-state index in [9.17, 15) is 30.0 Å². The molecule has 148 valence electrons. The predicted molar refractivity (Wildman–Crippen MR) is 102 cm³/mol. The summed E-state index contributed by atoms with van der Waals surface area (Å²) in [5.74, 6) is -2.79. The number of phenolic OH excluding ortho intramolecular Hbond substituents is 4. The number of rotatable bonds is 8. The third-order valence-electron chi connectivity index (χ3n) is 4.00. The van der Waals surface area contributed by atoms with Crippen LogP contribution in [0.5, 0.6) is 23.0 Å². The molecule has 8 heteroatoms. The molecule has 0 heterocycles. The van der Waals surface area contributed by atoms with Crippen LogP contribution in [-0.2, 0) is 0 Å². The van der Waals surface area contributed by atoms with Crippen LogP contribution < -0.4 is 10.6 Å². The second-order valence-corrected chi connectivity index (χ2v) is 6.12. The molecule has 0 bridgehead atoms. The Kier molecular flexibility index (Phi) is 6.86. The first-order chi connectivity index (χ1) is 13.3. The van der Waals surface area contributed by atoms with Crippen LogP contribution in [0.4, 0.5) is 0 Å². The summed E-state index contributed by atoms with van der Waals surface area (Å²) in [6, 6.07) is 8.23. The maximum absolute atomic E-state index is 12.1. The molecule has 2 aromatic rings. The standard InChI is InChI=1S/C20H22N2O6/c1-12(22-20(28)14-8-5-10-16(24)18(14)26)6-2-3-11-21-19(27)13-7-4-9-15(23)17(13)25/h4-5,7-10,23-26H,1-3,6,11H2,(H,21,27)(H,22,28). The molecule has 2 aromatic carbocycles. The van der Waals surface area contributed by atoms with E-state index < -0.39 is 23.3 Å². The Morgan fingerprint density at radius 3 is 1.93 bits per heavy atom. The highest BCUT2D eigenvalue weighted by atomic mass is 16.3.